The number of hydrogen-bond acceptors (Lipinski definition) is 3. The van der Waals surface area contributed by atoms with Crippen molar-refractivity contribution in [3.8, 4) is 0 Å². The van der Waals surface area contributed by atoms with Gasteiger partial charge in [0.05, 0.1) is 16.5 Å². The summed E-state index contributed by atoms with van der Waals surface area (Å²) in [6, 6.07) is 3.75. The number of anilines is 1. The molecule has 16 heavy (non-hydrogen) atoms. The van der Waals surface area contributed by atoms with Gasteiger partial charge in [-0.05, 0) is 19.1 Å². The van der Waals surface area contributed by atoms with Crippen molar-refractivity contribution in [2.45, 2.75) is 13.1 Å². The number of aryl methyl sites for hydroxylation is 1. The second-order valence-electron chi connectivity index (χ2n) is 3.35. The molecule has 1 aromatic heterocycles. The molecule has 0 saturated carbocycles. The fraction of sp³-hybridized carbons (Fsp3) is 0.200. The standard InChI is InChI=1S/C10H8F3N3/c1-5-15-7-4-2-3-6(10(11,12)13)8(7)9(14)16-5/h2-4H,1H3,(H2,14,15,16). The van der Waals surface area contributed by atoms with E-state index in [4.69, 9.17) is 5.73 Å². The molecule has 0 amide bonds. The number of nitrogens with zero attached hydrogens (tertiary/aromatic N) is 2. The number of fused-ring (bicyclic) bond motifs is 1. The SMILES string of the molecule is Cc1nc(N)c2c(C(F)(F)F)cccc2n1. The van der Waals surface area contributed by atoms with E-state index in [9.17, 15) is 13.2 Å². The van der Waals surface area contributed by atoms with Gasteiger partial charge in [0.1, 0.15) is 11.6 Å². The molecule has 0 bridgehead atoms. The monoisotopic (exact) mass is 227 g/mol. The van der Waals surface area contributed by atoms with E-state index in [1.807, 2.05) is 0 Å². The third-order valence-corrected chi connectivity index (χ3v) is 2.17. The van der Waals surface area contributed by atoms with Gasteiger partial charge >= 0.3 is 6.18 Å². The van der Waals surface area contributed by atoms with Crippen LogP contribution >= 0.6 is 0 Å². The molecule has 0 aliphatic rings. The topological polar surface area (TPSA) is 51.8 Å². The summed E-state index contributed by atoms with van der Waals surface area (Å²) in [5.41, 5.74) is 4.91. The largest absolute Gasteiger partial charge is 0.417 e. The van der Waals surface area contributed by atoms with Crippen molar-refractivity contribution in [1.29, 1.82) is 0 Å². The highest BCUT2D eigenvalue weighted by Gasteiger charge is 2.33. The second-order valence-corrected chi connectivity index (χ2v) is 3.35. The Morgan fingerprint density at radius 1 is 1.19 bits per heavy atom. The van der Waals surface area contributed by atoms with E-state index in [2.05, 4.69) is 9.97 Å². The number of hydrogen-bond donors (Lipinski definition) is 1. The quantitative estimate of drug-likeness (QED) is 0.752. The molecule has 0 atom stereocenters. The van der Waals surface area contributed by atoms with Gasteiger partial charge in [-0.1, -0.05) is 6.07 Å². The van der Waals surface area contributed by atoms with Crippen LogP contribution in [0.25, 0.3) is 10.9 Å². The lowest BCUT2D eigenvalue weighted by atomic mass is 10.1. The lowest BCUT2D eigenvalue weighted by molar-refractivity contribution is -0.136. The third kappa shape index (κ3) is 1.66. The fourth-order valence-corrected chi connectivity index (χ4v) is 1.57. The highest BCUT2D eigenvalue weighted by Crippen LogP contribution is 2.35. The maximum atomic E-state index is 12.7. The van der Waals surface area contributed by atoms with E-state index in [0.717, 1.165) is 6.07 Å². The van der Waals surface area contributed by atoms with Gasteiger partial charge in [-0.25, -0.2) is 9.97 Å². The maximum absolute atomic E-state index is 12.7. The summed E-state index contributed by atoms with van der Waals surface area (Å²) in [5, 5.41) is -0.138. The second kappa shape index (κ2) is 3.33. The molecule has 1 heterocycles. The van der Waals surface area contributed by atoms with Gasteiger partial charge in [0, 0.05) is 0 Å². The predicted octanol–water partition coefficient (Wildman–Crippen LogP) is 2.54. The molecule has 0 aliphatic carbocycles. The third-order valence-electron chi connectivity index (χ3n) is 2.17. The van der Waals surface area contributed by atoms with Crippen molar-refractivity contribution in [2.24, 2.45) is 0 Å². The Kier molecular flexibility index (Phi) is 2.22. The molecule has 0 fully saturated rings. The molecule has 0 spiro atoms. The van der Waals surface area contributed by atoms with Crippen molar-refractivity contribution < 1.29 is 13.2 Å². The molecule has 6 heteroatoms. The summed E-state index contributed by atoms with van der Waals surface area (Å²) in [4.78, 5) is 7.66. The van der Waals surface area contributed by atoms with Crippen LogP contribution in [0.3, 0.4) is 0 Å². The van der Waals surface area contributed by atoms with Crippen molar-refractivity contribution >= 4 is 16.7 Å². The molecule has 84 valence electrons. The molecule has 0 radical (unpaired) electrons. The van der Waals surface area contributed by atoms with Gasteiger partial charge in [-0.2, -0.15) is 13.2 Å². The normalized spacial score (nSPS) is 12.0. The highest BCUT2D eigenvalue weighted by atomic mass is 19.4. The first-order valence-electron chi connectivity index (χ1n) is 4.49. The molecule has 2 aromatic rings. The summed E-state index contributed by atoms with van der Waals surface area (Å²) in [6.07, 6.45) is -4.45. The Balaban J connectivity index is 2.87. The van der Waals surface area contributed by atoms with Crippen LogP contribution in [-0.2, 0) is 6.18 Å². The van der Waals surface area contributed by atoms with Crippen molar-refractivity contribution in [3.05, 3.63) is 29.6 Å². The van der Waals surface area contributed by atoms with E-state index in [1.54, 1.807) is 6.92 Å². The first kappa shape index (κ1) is 10.7. The van der Waals surface area contributed by atoms with Gasteiger partial charge in [-0.3, -0.25) is 0 Å². The molecule has 2 rings (SSSR count). The molecular weight excluding hydrogens is 219 g/mol. The zero-order valence-electron chi connectivity index (χ0n) is 8.34. The number of rotatable bonds is 0. The molecule has 2 N–H and O–H groups in total. The maximum Gasteiger partial charge on any atom is 0.417 e. The summed E-state index contributed by atoms with van der Waals surface area (Å²) in [7, 11) is 0. The summed E-state index contributed by atoms with van der Waals surface area (Å²) < 4.78 is 38.1. The van der Waals surface area contributed by atoms with Gasteiger partial charge in [0.15, 0.2) is 0 Å². The number of alkyl halides is 3. The molecule has 0 aliphatic heterocycles. The first-order valence-corrected chi connectivity index (χ1v) is 4.49. The van der Waals surface area contributed by atoms with Crippen LogP contribution in [0.1, 0.15) is 11.4 Å². The van der Waals surface area contributed by atoms with Gasteiger partial charge in [0.2, 0.25) is 0 Å². The van der Waals surface area contributed by atoms with Crippen LogP contribution in [0.5, 0.6) is 0 Å². The van der Waals surface area contributed by atoms with Gasteiger partial charge in [-0.15, -0.1) is 0 Å². The van der Waals surface area contributed by atoms with E-state index in [0.29, 0.717) is 5.82 Å². The van der Waals surface area contributed by atoms with Crippen LogP contribution in [0.4, 0.5) is 19.0 Å². The Morgan fingerprint density at radius 3 is 2.50 bits per heavy atom. The van der Waals surface area contributed by atoms with Crippen molar-refractivity contribution in [3.63, 3.8) is 0 Å². The van der Waals surface area contributed by atoms with Crippen LogP contribution < -0.4 is 5.73 Å². The van der Waals surface area contributed by atoms with E-state index >= 15 is 0 Å². The number of halogens is 3. The Hall–Kier alpha value is -1.85. The van der Waals surface area contributed by atoms with E-state index < -0.39 is 11.7 Å². The van der Waals surface area contributed by atoms with E-state index in [-0.39, 0.29) is 16.7 Å². The zero-order chi connectivity index (χ0) is 11.9. The highest BCUT2D eigenvalue weighted by molar-refractivity contribution is 5.91. The van der Waals surface area contributed by atoms with Crippen molar-refractivity contribution in [1.82, 2.24) is 9.97 Å². The number of nitrogen functional groups attached to an aromatic ring is 1. The minimum Gasteiger partial charge on any atom is -0.383 e. The van der Waals surface area contributed by atoms with Crippen LogP contribution in [0.15, 0.2) is 18.2 Å². The van der Waals surface area contributed by atoms with Gasteiger partial charge < -0.3 is 5.73 Å². The van der Waals surface area contributed by atoms with Gasteiger partial charge in [0.25, 0.3) is 0 Å². The summed E-state index contributed by atoms with van der Waals surface area (Å²) in [6.45, 7) is 1.58. The Labute approximate surface area is 89.1 Å². The lowest BCUT2D eigenvalue weighted by Crippen LogP contribution is -2.08. The van der Waals surface area contributed by atoms with Crippen LogP contribution in [-0.4, -0.2) is 9.97 Å². The van der Waals surface area contributed by atoms with Crippen molar-refractivity contribution in [2.75, 3.05) is 5.73 Å². The molecule has 1 aromatic carbocycles. The molecule has 0 saturated heterocycles. The number of nitrogens with two attached hydrogens (primary N) is 1. The fourth-order valence-electron chi connectivity index (χ4n) is 1.57. The van der Waals surface area contributed by atoms with Crippen LogP contribution in [0, 0.1) is 6.92 Å². The molecular formula is C10H8F3N3. The minimum absolute atomic E-state index is 0.138. The average Bonchev–Trinajstić information content (AvgIpc) is 2.14. The van der Waals surface area contributed by atoms with E-state index in [1.165, 1.54) is 12.1 Å². The zero-order valence-corrected chi connectivity index (χ0v) is 8.34. The molecule has 3 nitrogen and oxygen atoms in total. The lowest BCUT2D eigenvalue weighted by Gasteiger charge is -2.11. The number of benzene rings is 1. The minimum atomic E-state index is -4.45. The Morgan fingerprint density at radius 2 is 1.88 bits per heavy atom. The average molecular weight is 227 g/mol. The van der Waals surface area contributed by atoms with Crippen LogP contribution in [0.2, 0.25) is 0 Å². The summed E-state index contributed by atoms with van der Waals surface area (Å²) in [5.74, 6) is 0.208. The number of aromatic nitrogens is 2. The summed E-state index contributed by atoms with van der Waals surface area (Å²) >= 11 is 0. The predicted molar refractivity (Wildman–Crippen MR) is 53.7 cm³/mol. The molecule has 0 unspecified atom stereocenters. The smallest absolute Gasteiger partial charge is 0.383 e. The Bertz CT molecular complexity index is 549. The first-order chi connectivity index (χ1) is 7.39.